The SMILES string of the molecule is C[C@@H](NC(=O)Nc1cccc([N+](=O)[O-])c1)C(=O)O. The Kier molecular flexibility index (Phi) is 4.19. The van der Waals surface area contributed by atoms with Crippen LogP contribution in [0.15, 0.2) is 24.3 Å². The van der Waals surface area contributed by atoms with Crippen LogP contribution in [-0.4, -0.2) is 28.1 Å². The van der Waals surface area contributed by atoms with Gasteiger partial charge in [-0.2, -0.15) is 0 Å². The molecule has 0 spiro atoms. The largest absolute Gasteiger partial charge is 0.480 e. The van der Waals surface area contributed by atoms with Crippen molar-refractivity contribution in [1.29, 1.82) is 0 Å². The number of hydrogen-bond donors (Lipinski definition) is 3. The molecule has 0 unspecified atom stereocenters. The van der Waals surface area contributed by atoms with Gasteiger partial charge in [-0.1, -0.05) is 6.07 Å². The maximum atomic E-state index is 11.4. The summed E-state index contributed by atoms with van der Waals surface area (Å²) in [6, 6.07) is 3.52. The number of carboxylic acid groups (broad SMARTS) is 1. The number of urea groups is 1. The molecule has 0 aliphatic heterocycles. The quantitative estimate of drug-likeness (QED) is 0.549. The maximum absolute atomic E-state index is 11.4. The number of aliphatic carboxylic acids is 1. The average Bonchev–Trinajstić information content (AvgIpc) is 2.28. The molecule has 1 aromatic rings. The van der Waals surface area contributed by atoms with Crippen LogP contribution in [0.2, 0.25) is 0 Å². The first-order chi connectivity index (χ1) is 8.40. The number of rotatable bonds is 4. The molecule has 0 aromatic heterocycles. The predicted octanol–water partition coefficient (Wildman–Crippen LogP) is 1.19. The fourth-order valence-electron chi connectivity index (χ4n) is 1.12. The second kappa shape index (κ2) is 5.62. The van der Waals surface area contributed by atoms with Crippen LogP contribution < -0.4 is 10.6 Å². The van der Waals surface area contributed by atoms with Gasteiger partial charge in [-0.25, -0.2) is 4.79 Å². The Hall–Kier alpha value is -2.64. The molecule has 96 valence electrons. The zero-order valence-corrected chi connectivity index (χ0v) is 9.41. The zero-order valence-electron chi connectivity index (χ0n) is 9.41. The summed E-state index contributed by atoms with van der Waals surface area (Å²) in [5.41, 5.74) is 0.0402. The van der Waals surface area contributed by atoms with Crippen LogP contribution in [0.5, 0.6) is 0 Å². The van der Waals surface area contributed by atoms with E-state index < -0.39 is 23.0 Å². The Morgan fingerprint density at radius 3 is 2.67 bits per heavy atom. The van der Waals surface area contributed by atoms with E-state index in [2.05, 4.69) is 10.6 Å². The molecule has 0 fully saturated rings. The van der Waals surface area contributed by atoms with Gasteiger partial charge < -0.3 is 15.7 Å². The summed E-state index contributed by atoms with van der Waals surface area (Å²) in [5, 5.41) is 23.5. The third-order valence-corrected chi connectivity index (χ3v) is 2.03. The van der Waals surface area contributed by atoms with Crippen LogP contribution in [0.4, 0.5) is 16.2 Å². The van der Waals surface area contributed by atoms with E-state index >= 15 is 0 Å². The molecule has 0 radical (unpaired) electrons. The van der Waals surface area contributed by atoms with Gasteiger partial charge in [0.25, 0.3) is 5.69 Å². The minimum atomic E-state index is -1.18. The van der Waals surface area contributed by atoms with E-state index in [1.165, 1.54) is 31.2 Å². The fraction of sp³-hybridized carbons (Fsp3) is 0.200. The molecule has 0 aliphatic carbocycles. The number of anilines is 1. The number of amides is 2. The molecule has 1 atom stereocenters. The Bertz CT molecular complexity index is 488. The summed E-state index contributed by atoms with van der Waals surface area (Å²) in [6.07, 6.45) is 0. The highest BCUT2D eigenvalue weighted by atomic mass is 16.6. The van der Waals surface area contributed by atoms with Gasteiger partial charge in [0.2, 0.25) is 0 Å². The predicted molar refractivity (Wildman–Crippen MR) is 62.3 cm³/mol. The summed E-state index contributed by atoms with van der Waals surface area (Å²) >= 11 is 0. The lowest BCUT2D eigenvalue weighted by molar-refractivity contribution is -0.384. The summed E-state index contributed by atoms with van der Waals surface area (Å²) in [5.74, 6) is -1.18. The summed E-state index contributed by atoms with van der Waals surface area (Å²) in [4.78, 5) is 31.8. The monoisotopic (exact) mass is 253 g/mol. The van der Waals surface area contributed by atoms with Crippen molar-refractivity contribution in [2.24, 2.45) is 0 Å². The number of hydrogen-bond acceptors (Lipinski definition) is 4. The van der Waals surface area contributed by atoms with Crippen LogP contribution in [0.3, 0.4) is 0 Å². The number of nitro groups is 1. The van der Waals surface area contributed by atoms with Crippen molar-refractivity contribution < 1.29 is 19.6 Å². The van der Waals surface area contributed by atoms with Gasteiger partial charge in [0.15, 0.2) is 0 Å². The molecule has 8 nitrogen and oxygen atoms in total. The van der Waals surface area contributed by atoms with Crippen LogP contribution in [0.1, 0.15) is 6.92 Å². The van der Waals surface area contributed by atoms with Crippen molar-refractivity contribution in [2.75, 3.05) is 5.32 Å². The van der Waals surface area contributed by atoms with E-state index in [0.717, 1.165) is 0 Å². The lowest BCUT2D eigenvalue weighted by Gasteiger charge is -2.10. The second-order valence-electron chi connectivity index (χ2n) is 3.47. The number of nitrogens with zero attached hydrogens (tertiary/aromatic N) is 1. The molecule has 1 aromatic carbocycles. The zero-order chi connectivity index (χ0) is 13.7. The van der Waals surface area contributed by atoms with Crippen molar-refractivity contribution in [3.05, 3.63) is 34.4 Å². The smallest absolute Gasteiger partial charge is 0.325 e. The normalized spacial score (nSPS) is 11.4. The van der Waals surface area contributed by atoms with Crippen LogP contribution in [0.25, 0.3) is 0 Å². The topological polar surface area (TPSA) is 122 Å². The number of nitro benzene ring substituents is 1. The first kappa shape index (κ1) is 13.4. The van der Waals surface area contributed by atoms with Crippen LogP contribution in [0, 0.1) is 10.1 Å². The number of carbonyl (C=O) groups is 2. The molecule has 3 N–H and O–H groups in total. The third-order valence-electron chi connectivity index (χ3n) is 2.03. The van der Waals surface area contributed by atoms with E-state index in [-0.39, 0.29) is 11.4 Å². The molecule has 2 amide bonds. The van der Waals surface area contributed by atoms with E-state index in [0.29, 0.717) is 0 Å². The number of benzene rings is 1. The average molecular weight is 253 g/mol. The molecule has 0 bridgehead atoms. The molecule has 0 aliphatic rings. The van der Waals surface area contributed by atoms with Crippen molar-refractivity contribution in [1.82, 2.24) is 5.32 Å². The Balaban J connectivity index is 2.67. The van der Waals surface area contributed by atoms with E-state index in [4.69, 9.17) is 5.11 Å². The van der Waals surface area contributed by atoms with Crippen molar-refractivity contribution in [3.63, 3.8) is 0 Å². The minimum absolute atomic E-state index is 0.168. The Morgan fingerprint density at radius 1 is 1.44 bits per heavy atom. The molecule has 0 heterocycles. The van der Waals surface area contributed by atoms with Gasteiger partial charge in [0, 0.05) is 17.8 Å². The van der Waals surface area contributed by atoms with E-state index in [1.54, 1.807) is 0 Å². The summed E-state index contributed by atoms with van der Waals surface area (Å²) in [7, 11) is 0. The lowest BCUT2D eigenvalue weighted by Crippen LogP contribution is -2.40. The number of carbonyl (C=O) groups excluding carboxylic acids is 1. The maximum Gasteiger partial charge on any atom is 0.325 e. The van der Waals surface area contributed by atoms with E-state index in [1.807, 2.05) is 0 Å². The number of non-ortho nitro benzene ring substituents is 1. The molecule has 8 heteroatoms. The molecule has 1 rings (SSSR count). The molecular weight excluding hydrogens is 242 g/mol. The Morgan fingerprint density at radius 2 is 2.11 bits per heavy atom. The molecule has 0 saturated heterocycles. The van der Waals surface area contributed by atoms with Gasteiger partial charge in [0.1, 0.15) is 6.04 Å². The number of nitrogens with one attached hydrogen (secondary N) is 2. The minimum Gasteiger partial charge on any atom is -0.480 e. The van der Waals surface area contributed by atoms with Crippen LogP contribution in [-0.2, 0) is 4.79 Å². The van der Waals surface area contributed by atoms with Crippen molar-refractivity contribution >= 4 is 23.4 Å². The van der Waals surface area contributed by atoms with Gasteiger partial charge in [-0.15, -0.1) is 0 Å². The molecule has 18 heavy (non-hydrogen) atoms. The highest BCUT2D eigenvalue weighted by Crippen LogP contribution is 2.16. The molecule has 0 saturated carbocycles. The van der Waals surface area contributed by atoms with E-state index in [9.17, 15) is 19.7 Å². The van der Waals surface area contributed by atoms with Crippen molar-refractivity contribution in [2.45, 2.75) is 13.0 Å². The van der Waals surface area contributed by atoms with Gasteiger partial charge >= 0.3 is 12.0 Å². The highest BCUT2D eigenvalue weighted by Gasteiger charge is 2.14. The first-order valence-corrected chi connectivity index (χ1v) is 4.95. The third kappa shape index (κ3) is 3.74. The van der Waals surface area contributed by atoms with Gasteiger partial charge in [-0.3, -0.25) is 14.9 Å². The Labute approximate surface area is 102 Å². The summed E-state index contributed by atoms with van der Waals surface area (Å²) < 4.78 is 0. The fourth-order valence-corrected chi connectivity index (χ4v) is 1.12. The van der Waals surface area contributed by atoms with Gasteiger partial charge in [-0.05, 0) is 13.0 Å². The van der Waals surface area contributed by atoms with Gasteiger partial charge in [0.05, 0.1) is 4.92 Å². The molecular formula is C10H11N3O5. The number of carboxylic acids is 1. The first-order valence-electron chi connectivity index (χ1n) is 4.95. The summed E-state index contributed by atoms with van der Waals surface area (Å²) in [6.45, 7) is 1.30. The highest BCUT2D eigenvalue weighted by molar-refractivity contribution is 5.92. The van der Waals surface area contributed by atoms with Crippen molar-refractivity contribution in [3.8, 4) is 0 Å². The standard InChI is InChI=1S/C10H11N3O5/c1-6(9(14)15)11-10(16)12-7-3-2-4-8(5-7)13(17)18/h2-6H,1H3,(H,14,15)(H2,11,12,16)/t6-/m1/s1. The lowest BCUT2D eigenvalue weighted by atomic mass is 10.3. The van der Waals surface area contributed by atoms with Crippen LogP contribution >= 0.6 is 0 Å². The second-order valence-corrected chi connectivity index (χ2v) is 3.47.